The first kappa shape index (κ1) is 23.0. The molecule has 1 aromatic carbocycles. The van der Waals surface area contributed by atoms with Crippen LogP contribution >= 0.6 is 0 Å². The van der Waals surface area contributed by atoms with Crippen molar-refractivity contribution < 1.29 is 27.9 Å². The molecule has 0 atom stereocenters. The number of benzene rings is 1. The first-order chi connectivity index (χ1) is 12.1. The molecule has 1 N–H and O–H groups in total. The smallest absolute Gasteiger partial charge is 0.416 e. The van der Waals surface area contributed by atoms with Crippen LogP contribution < -0.4 is 0 Å². The fraction of sp³-hybridized carbons (Fsp3) is 0.600. The average molecular weight is 387 g/mol. The van der Waals surface area contributed by atoms with Gasteiger partial charge in [-0.3, -0.25) is 9.59 Å². The molecule has 0 heterocycles. The minimum Gasteiger partial charge on any atom is -0.481 e. The van der Waals surface area contributed by atoms with Gasteiger partial charge in [-0.05, 0) is 50.3 Å². The van der Waals surface area contributed by atoms with Crippen molar-refractivity contribution >= 4 is 11.9 Å². The number of amides is 1. The number of nitrogens with zero attached hydrogens (tertiary/aromatic N) is 1. The number of hydrogen-bond donors (Lipinski definition) is 1. The third-order valence-electron chi connectivity index (χ3n) is 4.15. The minimum atomic E-state index is -4.54. The summed E-state index contributed by atoms with van der Waals surface area (Å²) in [6, 6.07) is 4.34. The Bertz CT molecular complexity index is 676. The molecule has 0 aromatic heterocycles. The summed E-state index contributed by atoms with van der Waals surface area (Å²) in [5.41, 5.74) is -1.71. The fourth-order valence-corrected chi connectivity index (χ4v) is 3.45. The summed E-state index contributed by atoms with van der Waals surface area (Å²) in [4.78, 5) is 25.4. The van der Waals surface area contributed by atoms with Gasteiger partial charge >= 0.3 is 12.1 Å². The van der Waals surface area contributed by atoms with Gasteiger partial charge in [-0.25, -0.2) is 0 Å². The lowest BCUT2D eigenvalue weighted by Crippen LogP contribution is -2.50. The molecule has 1 rings (SSSR count). The molecule has 4 nitrogen and oxygen atoms in total. The van der Waals surface area contributed by atoms with E-state index in [-0.39, 0.29) is 30.4 Å². The average Bonchev–Trinajstić information content (AvgIpc) is 2.47. The molecule has 1 aromatic rings. The van der Waals surface area contributed by atoms with Crippen molar-refractivity contribution in [3.05, 3.63) is 35.4 Å². The molecule has 0 saturated carbocycles. The predicted molar refractivity (Wildman–Crippen MR) is 97.5 cm³/mol. The largest absolute Gasteiger partial charge is 0.481 e. The van der Waals surface area contributed by atoms with Crippen LogP contribution in [0, 0.1) is 5.41 Å². The standard InChI is InChI=1S/C20H28F3NO3/c1-18(2,3)13-19(4,5)24(11-7-10-16(25)26)17(27)14-8-6-9-15(12-14)20(21,22)23/h6,8-9,12H,7,10-11,13H2,1-5H3,(H,25,26). The van der Waals surface area contributed by atoms with Crippen LogP contribution in [0.15, 0.2) is 24.3 Å². The lowest BCUT2D eigenvalue weighted by Gasteiger charge is -2.42. The van der Waals surface area contributed by atoms with Crippen molar-refractivity contribution in [2.24, 2.45) is 5.41 Å². The summed E-state index contributed by atoms with van der Waals surface area (Å²) in [5.74, 6) is -1.50. The third kappa shape index (κ3) is 7.23. The van der Waals surface area contributed by atoms with E-state index in [2.05, 4.69) is 0 Å². The zero-order valence-electron chi connectivity index (χ0n) is 16.5. The van der Waals surface area contributed by atoms with Crippen molar-refractivity contribution in [1.82, 2.24) is 4.90 Å². The Labute approximate surface area is 158 Å². The van der Waals surface area contributed by atoms with Crippen molar-refractivity contribution in [2.75, 3.05) is 6.54 Å². The number of carboxylic acid groups (broad SMARTS) is 1. The van der Waals surface area contributed by atoms with Crippen molar-refractivity contribution in [1.29, 1.82) is 0 Å². The van der Waals surface area contributed by atoms with Crippen molar-refractivity contribution in [3.8, 4) is 0 Å². The molecule has 27 heavy (non-hydrogen) atoms. The van der Waals surface area contributed by atoms with Crippen LogP contribution in [0.4, 0.5) is 13.2 Å². The van der Waals surface area contributed by atoms with Crippen LogP contribution in [0.1, 0.15) is 69.8 Å². The Kier molecular flexibility index (Phi) is 7.08. The molecule has 0 bridgehead atoms. The number of carbonyl (C=O) groups is 2. The number of halogens is 3. The Hall–Kier alpha value is -2.05. The first-order valence-corrected chi connectivity index (χ1v) is 8.84. The van der Waals surface area contributed by atoms with E-state index in [0.29, 0.717) is 6.42 Å². The van der Waals surface area contributed by atoms with Crippen LogP contribution in [0.25, 0.3) is 0 Å². The van der Waals surface area contributed by atoms with Gasteiger partial charge in [0.2, 0.25) is 0 Å². The lowest BCUT2D eigenvalue weighted by molar-refractivity contribution is -0.138. The first-order valence-electron chi connectivity index (χ1n) is 8.84. The van der Waals surface area contributed by atoms with Crippen LogP contribution in [-0.4, -0.2) is 34.0 Å². The molecule has 1 amide bonds. The van der Waals surface area contributed by atoms with E-state index in [1.807, 2.05) is 34.6 Å². The zero-order valence-corrected chi connectivity index (χ0v) is 16.5. The summed E-state index contributed by atoms with van der Waals surface area (Å²) in [6.45, 7) is 9.90. The van der Waals surface area contributed by atoms with Gasteiger partial charge in [0.05, 0.1) is 5.56 Å². The van der Waals surface area contributed by atoms with Gasteiger partial charge in [-0.1, -0.05) is 26.8 Å². The number of carbonyl (C=O) groups excluding carboxylic acids is 1. The molecule has 0 saturated heterocycles. The van der Waals surface area contributed by atoms with Crippen LogP contribution in [0.3, 0.4) is 0 Å². The highest BCUT2D eigenvalue weighted by atomic mass is 19.4. The van der Waals surface area contributed by atoms with E-state index in [0.717, 1.165) is 12.1 Å². The highest BCUT2D eigenvalue weighted by Crippen LogP contribution is 2.34. The Morgan fingerprint density at radius 1 is 1.07 bits per heavy atom. The van der Waals surface area contributed by atoms with E-state index < -0.39 is 29.2 Å². The second-order valence-corrected chi connectivity index (χ2v) is 8.58. The minimum absolute atomic E-state index is 0.0536. The van der Waals surface area contributed by atoms with E-state index in [1.54, 1.807) is 0 Å². The maximum absolute atomic E-state index is 13.0. The molecule has 0 spiro atoms. The SMILES string of the molecule is CC(C)(C)CC(C)(C)N(CCCC(=O)O)C(=O)c1cccc(C(F)(F)F)c1. The van der Waals surface area contributed by atoms with Crippen molar-refractivity contribution in [2.45, 2.75) is 65.6 Å². The highest BCUT2D eigenvalue weighted by Gasteiger charge is 2.36. The summed E-state index contributed by atoms with van der Waals surface area (Å²) in [5, 5.41) is 8.87. The molecule has 152 valence electrons. The number of hydrogen-bond acceptors (Lipinski definition) is 2. The molecular weight excluding hydrogens is 359 g/mol. The molecule has 0 fully saturated rings. The fourth-order valence-electron chi connectivity index (χ4n) is 3.45. The van der Waals surface area contributed by atoms with E-state index in [9.17, 15) is 22.8 Å². The Balaban J connectivity index is 3.21. The van der Waals surface area contributed by atoms with Gasteiger partial charge in [-0.15, -0.1) is 0 Å². The number of rotatable bonds is 7. The van der Waals surface area contributed by atoms with Crippen molar-refractivity contribution in [3.63, 3.8) is 0 Å². The number of aliphatic carboxylic acids is 1. The monoisotopic (exact) mass is 387 g/mol. The van der Waals surface area contributed by atoms with Gasteiger partial charge in [0.25, 0.3) is 5.91 Å². The van der Waals surface area contributed by atoms with Crippen LogP contribution in [-0.2, 0) is 11.0 Å². The van der Waals surface area contributed by atoms with Gasteiger partial charge in [0.15, 0.2) is 0 Å². The number of alkyl halides is 3. The second-order valence-electron chi connectivity index (χ2n) is 8.58. The van der Waals surface area contributed by atoms with Gasteiger partial charge in [0, 0.05) is 24.1 Å². The zero-order chi connectivity index (χ0) is 21.0. The molecule has 0 aliphatic carbocycles. The highest BCUT2D eigenvalue weighted by molar-refractivity contribution is 5.95. The lowest BCUT2D eigenvalue weighted by atomic mass is 9.80. The summed E-state index contributed by atoms with van der Waals surface area (Å²) < 4.78 is 39.0. The molecule has 0 radical (unpaired) electrons. The maximum Gasteiger partial charge on any atom is 0.416 e. The Morgan fingerprint density at radius 2 is 1.67 bits per heavy atom. The molecule has 0 unspecified atom stereocenters. The maximum atomic E-state index is 13.0. The van der Waals surface area contributed by atoms with Crippen LogP contribution in [0.5, 0.6) is 0 Å². The van der Waals surface area contributed by atoms with Gasteiger partial charge < -0.3 is 10.0 Å². The molecule has 7 heteroatoms. The predicted octanol–water partition coefficient (Wildman–Crippen LogP) is 5.23. The van der Waals surface area contributed by atoms with Crippen LogP contribution in [0.2, 0.25) is 0 Å². The molecule has 0 aliphatic rings. The summed E-state index contributed by atoms with van der Waals surface area (Å²) >= 11 is 0. The Morgan fingerprint density at radius 3 is 2.15 bits per heavy atom. The third-order valence-corrected chi connectivity index (χ3v) is 4.15. The molecule has 0 aliphatic heterocycles. The molecular formula is C20H28F3NO3. The summed E-state index contributed by atoms with van der Waals surface area (Å²) in [6.07, 6.45) is -3.81. The normalized spacial score (nSPS) is 12.7. The van der Waals surface area contributed by atoms with Gasteiger partial charge in [0.1, 0.15) is 0 Å². The summed E-state index contributed by atoms with van der Waals surface area (Å²) in [7, 11) is 0. The topological polar surface area (TPSA) is 57.6 Å². The quantitative estimate of drug-likeness (QED) is 0.697. The number of carboxylic acids is 1. The van der Waals surface area contributed by atoms with E-state index in [4.69, 9.17) is 5.11 Å². The van der Waals surface area contributed by atoms with E-state index >= 15 is 0 Å². The van der Waals surface area contributed by atoms with E-state index in [1.165, 1.54) is 17.0 Å². The van der Waals surface area contributed by atoms with Gasteiger partial charge in [-0.2, -0.15) is 13.2 Å². The second kappa shape index (κ2) is 8.31.